The molecule has 2 rings (SSSR count). The summed E-state index contributed by atoms with van der Waals surface area (Å²) in [6.07, 6.45) is 1.75. The van der Waals surface area contributed by atoms with Crippen LogP contribution in [0.4, 0.5) is 5.13 Å². The smallest absolute Gasteiger partial charge is 0.267 e. The van der Waals surface area contributed by atoms with E-state index in [0.717, 1.165) is 5.56 Å². The molecule has 0 aliphatic rings. The minimum atomic E-state index is -0.508. The van der Waals surface area contributed by atoms with Crippen LogP contribution in [-0.2, 0) is 4.79 Å². The van der Waals surface area contributed by atoms with Gasteiger partial charge in [-0.15, -0.1) is 11.3 Å². The Morgan fingerprint density at radius 1 is 1.42 bits per heavy atom. The summed E-state index contributed by atoms with van der Waals surface area (Å²) in [6.45, 7) is 3.93. The summed E-state index contributed by atoms with van der Waals surface area (Å²) in [4.78, 5) is 16.1. The maximum Gasteiger partial charge on any atom is 0.267 e. The fourth-order valence-electron chi connectivity index (χ4n) is 1.57. The van der Waals surface area contributed by atoms with E-state index in [1.54, 1.807) is 6.20 Å². The van der Waals surface area contributed by atoms with E-state index in [1.165, 1.54) is 11.3 Å². The molecule has 0 saturated carbocycles. The Balaban J connectivity index is 1.99. The summed E-state index contributed by atoms with van der Waals surface area (Å²) < 4.78 is 5.69. The van der Waals surface area contributed by atoms with Gasteiger partial charge in [-0.25, -0.2) is 4.98 Å². The number of carbonyl (C=O) groups excluding carboxylic acids is 1. The van der Waals surface area contributed by atoms with Crippen LogP contribution in [0, 0.1) is 6.92 Å². The van der Waals surface area contributed by atoms with Crippen LogP contribution >= 0.6 is 11.3 Å². The lowest BCUT2D eigenvalue weighted by molar-refractivity contribution is -0.122. The van der Waals surface area contributed by atoms with Crippen molar-refractivity contribution < 1.29 is 9.53 Å². The van der Waals surface area contributed by atoms with Crippen molar-refractivity contribution in [1.82, 2.24) is 4.98 Å². The first-order chi connectivity index (χ1) is 9.19. The quantitative estimate of drug-likeness (QED) is 0.912. The van der Waals surface area contributed by atoms with Crippen molar-refractivity contribution in [1.29, 1.82) is 0 Å². The summed E-state index contributed by atoms with van der Waals surface area (Å²) in [5.74, 6) is 0.532. The van der Waals surface area contributed by atoms with Crippen LogP contribution in [0.1, 0.15) is 18.9 Å². The van der Waals surface area contributed by atoms with Gasteiger partial charge in [0, 0.05) is 11.6 Å². The molecule has 1 atom stereocenters. The molecule has 0 bridgehead atoms. The molecule has 1 N–H and O–H groups in total. The topological polar surface area (TPSA) is 51.2 Å². The second-order valence-electron chi connectivity index (χ2n) is 4.15. The van der Waals surface area contributed by atoms with Gasteiger partial charge >= 0.3 is 0 Å². The third-order valence-corrected chi connectivity index (χ3v) is 3.31. The molecule has 1 amide bonds. The standard InChI is InChI=1S/C14H16N2O2S/c1-3-12(13(17)16-14-15-8-9-19-14)18-11-6-4-10(2)5-7-11/h4-9,12H,3H2,1-2H3,(H,15,16,17)/t12-/m0/s1. The lowest BCUT2D eigenvalue weighted by Gasteiger charge is -2.16. The highest BCUT2D eigenvalue weighted by Crippen LogP contribution is 2.16. The lowest BCUT2D eigenvalue weighted by Crippen LogP contribution is -2.32. The molecule has 1 aromatic heterocycles. The Labute approximate surface area is 116 Å². The van der Waals surface area contributed by atoms with Gasteiger partial charge in [-0.2, -0.15) is 0 Å². The average Bonchev–Trinajstić information content (AvgIpc) is 2.90. The number of anilines is 1. The van der Waals surface area contributed by atoms with Gasteiger partial charge in [-0.1, -0.05) is 24.6 Å². The molecule has 0 unspecified atom stereocenters. The number of ether oxygens (including phenoxy) is 1. The summed E-state index contributed by atoms with van der Waals surface area (Å²) in [5, 5.41) is 5.16. The molecule has 100 valence electrons. The van der Waals surface area contributed by atoms with E-state index < -0.39 is 6.10 Å². The molecule has 19 heavy (non-hydrogen) atoms. The molecule has 0 radical (unpaired) electrons. The third-order valence-electron chi connectivity index (χ3n) is 2.63. The Bertz CT molecular complexity index is 523. The molecule has 0 fully saturated rings. The van der Waals surface area contributed by atoms with Crippen LogP contribution in [-0.4, -0.2) is 17.0 Å². The Hall–Kier alpha value is -1.88. The van der Waals surface area contributed by atoms with Crippen molar-refractivity contribution in [3.63, 3.8) is 0 Å². The van der Waals surface area contributed by atoms with Gasteiger partial charge in [0.1, 0.15) is 5.75 Å². The highest BCUT2D eigenvalue weighted by atomic mass is 32.1. The predicted octanol–water partition coefficient (Wildman–Crippen LogP) is 3.25. The minimum Gasteiger partial charge on any atom is -0.481 e. The molecule has 0 aliphatic carbocycles. The van der Waals surface area contributed by atoms with E-state index in [0.29, 0.717) is 17.3 Å². The average molecular weight is 276 g/mol. The second-order valence-corrected chi connectivity index (χ2v) is 5.05. The molecular weight excluding hydrogens is 260 g/mol. The van der Waals surface area contributed by atoms with Crippen LogP contribution in [0.15, 0.2) is 35.8 Å². The highest BCUT2D eigenvalue weighted by Gasteiger charge is 2.19. The predicted molar refractivity (Wildman–Crippen MR) is 76.6 cm³/mol. The SMILES string of the molecule is CC[C@H](Oc1ccc(C)cc1)C(=O)Nc1nccs1. The Kier molecular flexibility index (Phi) is 4.52. The number of nitrogens with one attached hydrogen (secondary N) is 1. The number of hydrogen-bond donors (Lipinski definition) is 1. The van der Waals surface area contributed by atoms with Gasteiger partial charge in [0.15, 0.2) is 11.2 Å². The molecule has 1 heterocycles. The zero-order valence-electron chi connectivity index (χ0n) is 10.9. The zero-order valence-corrected chi connectivity index (χ0v) is 11.7. The minimum absolute atomic E-state index is 0.168. The number of rotatable bonds is 5. The van der Waals surface area contributed by atoms with Crippen LogP contribution in [0.25, 0.3) is 0 Å². The van der Waals surface area contributed by atoms with Crippen molar-refractivity contribution in [3.05, 3.63) is 41.4 Å². The van der Waals surface area contributed by atoms with Crippen molar-refractivity contribution in [2.24, 2.45) is 0 Å². The number of carbonyl (C=O) groups is 1. The monoisotopic (exact) mass is 276 g/mol. The van der Waals surface area contributed by atoms with Gasteiger partial charge in [0.2, 0.25) is 0 Å². The molecule has 0 saturated heterocycles. The normalized spacial score (nSPS) is 11.9. The first kappa shape index (κ1) is 13.5. The van der Waals surface area contributed by atoms with E-state index in [1.807, 2.05) is 43.5 Å². The molecule has 4 nitrogen and oxygen atoms in total. The summed E-state index contributed by atoms with van der Waals surface area (Å²) in [6, 6.07) is 7.66. The Morgan fingerprint density at radius 3 is 2.74 bits per heavy atom. The molecule has 0 spiro atoms. The van der Waals surface area contributed by atoms with E-state index in [4.69, 9.17) is 4.74 Å². The summed E-state index contributed by atoms with van der Waals surface area (Å²) >= 11 is 1.39. The van der Waals surface area contributed by atoms with Crippen LogP contribution in [0.5, 0.6) is 5.75 Å². The van der Waals surface area contributed by atoms with Crippen LogP contribution in [0.3, 0.4) is 0 Å². The number of aryl methyl sites for hydroxylation is 1. The van der Waals surface area contributed by atoms with Gasteiger partial charge < -0.3 is 4.74 Å². The number of nitrogens with zero attached hydrogens (tertiary/aromatic N) is 1. The van der Waals surface area contributed by atoms with Crippen molar-refractivity contribution in [2.45, 2.75) is 26.4 Å². The van der Waals surface area contributed by atoms with E-state index in [2.05, 4.69) is 10.3 Å². The molecule has 5 heteroatoms. The van der Waals surface area contributed by atoms with Gasteiger partial charge in [-0.3, -0.25) is 10.1 Å². The van der Waals surface area contributed by atoms with E-state index >= 15 is 0 Å². The number of aromatic nitrogens is 1. The summed E-state index contributed by atoms with van der Waals surface area (Å²) in [7, 11) is 0. The van der Waals surface area contributed by atoms with Gasteiger partial charge in [-0.05, 0) is 25.5 Å². The number of hydrogen-bond acceptors (Lipinski definition) is 4. The second kappa shape index (κ2) is 6.33. The molecular formula is C14H16N2O2S. The zero-order chi connectivity index (χ0) is 13.7. The Morgan fingerprint density at radius 2 is 2.16 bits per heavy atom. The van der Waals surface area contributed by atoms with Crippen LogP contribution in [0.2, 0.25) is 0 Å². The fraction of sp³-hybridized carbons (Fsp3) is 0.286. The molecule has 0 aliphatic heterocycles. The first-order valence-electron chi connectivity index (χ1n) is 6.12. The van der Waals surface area contributed by atoms with E-state index in [9.17, 15) is 4.79 Å². The maximum atomic E-state index is 12.0. The first-order valence-corrected chi connectivity index (χ1v) is 7.00. The van der Waals surface area contributed by atoms with E-state index in [-0.39, 0.29) is 5.91 Å². The largest absolute Gasteiger partial charge is 0.481 e. The fourth-order valence-corrected chi connectivity index (χ4v) is 2.11. The van der Waals surface area contributed by atoms with Crippen molar-refractivity contribution in [2.75, 3.05) is 5.32 Å². The third kappa shape index (κ3) is 3.79. The van der Waals surface area contributed by atoms with Gasteiger partial charge in [0.05, 0.1) is 0 Å². The maximum absolute atomic E-state index is 12.0. The molecule has 1 aromatic carbocycles. The summed E-state index contributed by atoms with van der Waals surface area (Å²) in [5.41, 5.74) is 1.16. The number of thiazole rings is 1. The van der Waals surface area contributed by atoms with Crippen molar-refractivity contribution in [3.8, 4) is 5.75 Å². The number of amides is 1. The number of benzene rings is 1. The van der Waals surface area contributed by atoms with Crippen molar-refractivity contribution >= 4 is 22.4 Å². The van der Waals surface area contributed by atoms with Gasteiger partial charge in [0.25, 0.3) is 5.91 Å². The molecule has 2 aromatic rings. The highest BCUT2D eigenvalue weighted by molar-refractivity contribution is 7.13. The lowest BCUT2D eigenvalue weighted by atomic mass is 10.2. The van der Waals surface area contributed by atoms with Crippen LogP contribution < -0.4 is 10.1 Å².